The number of hydrogen-bond donors (Lipinski definition) is 2. The standard InChI is InChI=1S/C19H30N4O5S/c1-4-23(5-2)29(26,27)17-8-6-15(7-9-17)14-20-18(24)21-16-10-12-22(13-11-16)19(25)28-3/h6-9,16H,4-5,10-14H2,1-3H3,(H2,20,21,24). The lowest BCUT2D eigenvalue weighted by atomic mass is 10.1. The van der Waals surface area contributed by atoms with Gasteiger partial charge in [0, 0.05) is 38.8 Å². The van der Waals surface area contributed by atoms with Crippen LogP contribution >= 0.6 is 0 Å². The average molecular weight is 427 g/mol. The molecule has 1 fully saturated rings. The highest BCUT2D eigenvalue weighted by molar-refractivity contribution is 7.89. The molecule has 9 nitrogen and oxygen atoms in total. The van der Waals surface area contributed by atoms with E-state index in [1.165, 1.54) is 11.4 Å². The summed E-state index contributed by atoms with van der Waals surface area (Å²) in [7, 11) is -2.13. The van der Waals surface area contributed by atoms with Crippen LogP contribution in [0.1, 0.15) is 32.3 Å². The van der Waals surface area contributed by atoms with Crippen LogP contribution in [0.2, 0.25) is 0 Å². The molecular weight excluding hydrogens is 396 g/mol. The van der Waals surface area contributed by atoms with Crippen LogP contribution in [0.25, 0.3) is 0 Å². The fourth-order valence-corrected chi connectivity index (χ4v) is 4.70. The third kappa shape index (κ3) is 6.07. The third-order valence-corrected chi connectivity index (χ3v) is 7.05. The Labute approximate surface area is 172 Å². The Morgan fingerprint density at radius 3 is 2.24 bits per heavy atom. The molecule has 0 atom stereocenters. The van der Waals surface area contributed by atoms with E-state index in [4.69, 9.17) is 4.74 Å². The summed E-state index contributed by atoms with van der Waals surface area (Å²) in [5.41, 5.74) is 0.805. The Kier molecular flexibility index (Phi) is 8.27. The first-order valence-corrected chi connectivity index (χ1v) is 11.2. The number of rotatable bonds is 7. The number of nitrogens with one attached hydrogen (secondary N) is 2. The van der Waals surface area contributed by atoms with Crippen LogP contribution in [-0.2, 0) is 21.3 Å². The summed E-state index contributed by atoms with van der Waals surface area (Å²) in [5, 5.41) is 5.68. The van der Waals surface area contributed by atoms with Crippen LogP contribution < -0.4 is 10.6 Å². The molecule has 2 rings (SSSR count). The molecule has 0 aromatic heterocycles. The Bertz CT molecular complexity index is 785. The molecule has 1 aromatic carbocycles. The van der Waals surface area contributed by atoms with Crippen LogP contribution in [0.5, 0.6) is 0 Å². The number of benzene rings is 1. The van der Waals surface area contributed by atoms with E-state index in [0.29, 0.717) is 45.6 Å². The van der Waals surface area contributed by atoms with E-state index in [-0.39, 0.29) is 23.1 Å². The molecule has 0 aliphatic carbocycles. The third-order valence-electron chi connectivity index (χ3n) is 4.98. The van der Waals surface area contributed by atoms with Gasteiger partial charge in [-0.2, -0.15) is 4.31 Å². The highest BCUT2D eigenvalue weighted by atomic mass is 32.2. The molecule has 1 saturated heterocycles. The molecule has 0 radical (unpaired) electrons. The van der Waals surface area contributed by atoms with Crippen molar-refractivity contribution in [3.8, 4) is 0 Å². The number of piperidine rings is 1. The number of sulfonamides is 1. The minimum Gasteiger partial charge on any atom is -0.453 e. The maximum atomic E-state index is 12.5. The zero-order valence-electron chi connectivity index (χ0n) is 17.2. The van der Waals surface area contributed by atoms with Crippen molar-refractivity contribution >= 4 is 22.1 Å². The van der Waals surface area contributed by atoms with E-state index in [1.54, 1.807) is 43.0 Å². The lowest BCUT2D eigenvalue weighted by Gasteiger charge is -2.31. The number of urea groups is 1. The van der Waals surface area contributed by atoms with Crippen molar-refractivity contribution in [1.29, 1.82) is 0 Å². The fraction of sp³-hybridized carbons (Fsp3) is 0.579. The molecule has 1 aliphatic rings. The minimum atomic E-state index is -3.48. The van der Waals surface area contributed by atoms with Gasteiger partial charge in [0.25, 0.3) is 0 Å². The normalized spacial score (nSPS) is 15.2. The summed E-state index contributed by atoms with van der Waals surface area (Å²) < 4.78 is 31.1. The Morgan fingerprint density at radius 2 is 1.72 bits per heavy atom. The molecule has 2 N–H and O–H groups in total. The summed E-state index contributed by atoms with van der Waals surface area (Å²) >= 11 is 0. The molecular formula is C19H30N4O5S. The van der Waals surface area contributed by atoms with Crippen LogP contribution in [0.15, 0.2) is 29.2 Å². The molecule has 1 aromatic rings. The lowest BCUT2D eigenvalue weighted by molar-refractivity contribution is 0.110. The largest absolute Gasteiger partial charge is 0.453 e. The van der Waals surface area contributed by atoms with E-state index < -0.39 is 10.0 Å². The zero-order chi connectivity index (χ0) is 21.4. The number of hydrogen-bond acceptors (Lipinski definition) is 5. The molecule has 29 heavy (non-hydrogen) atoms. The fourth-order valence-electron chi connectivity index (χ4n) is 3.25. The smallest absolute Gasteiger partial charge is 0.409 e. The van der Waals surface area contributed by atoms with Gasteiger partial charge in [0.05, 0.1) is 12.0 Å². The van der Waals surface area contributed by atoms with Gasteiger partial charge in [0.15, 0.2) is 0 Å². The predicted molar refractivity (Wildman–Crippen MR) is 109 cm³/mol. The number of ether oxygens (including phenoxy) is 1. The van der Waals surface area contributed by atoms with E-state index >= 15 is 0 Å². The van der Waals surface area contributed by atoms with E-state index in [2.05, 4.69) is 10.6 Å². The maximum absolute atomic E-state index is 12.5. The average Bonchev–Trinajstić information content (AvgIpc) is 2.73. The molecule has 1 aliphatic heterocycles. The highest BCUT2D eigenvalue weighted by Crippen LogP contribution is 2.16. The lowest BCUT2D eigenvalue weighted by Crippen LogP contribution is -2.49. The van der Waals surface area contributed by atoms with E-state index in [9.17, 15) is 18.0 Å². The van der Waals surface area contributed by atoms with Gasteiger partial charge in [-0.1, -0.05) is 26.0 Å². The molecule has 162 valence electrons. The summed E-state index contributed by atoms with van der Waals surface area (Å²) in [4.78, 5) is 25.5. The van der Waals surface area contributed by atoms with Crippen molar-refractivity contribution in [3.63, 3.8) is 0 Å². The number of nitrogens with zero attached hydrogens (tertiary/aromatic N) is 2. The number of carbonyl (C=O) groups is 2. The zero-order valence-corrected chi connectivity index (χ0v) is 18.0. The highest BCUT2D eigenvalue weighted by Gasteiger charge is 2.24. The molecule has 3 amide bonds. The number of carbonyl (C=O) groups excluding carboxylic acids is 2. The van der Waals surface area contributed by atoms with Crippen molar-refractivity contribution in [1.82, 2.24) is 19.8 Å². The summed E-state index contributed by atoms with van der Waals surface area (Å²) in [6, 6.07) is 6.23. The number of amides is 3. The van der Waals surface area contributed by atoms with Crippen LogP contribution in [0.4, 0.5) is 9.59 Å². The Balaban J connectivity index is 1.81. The first-order chi connectivity index (χ1) is 13.8. The van der Waals surface area contributed by atoms with Gasteiger partial charge in [0.2, 0.25) is 10.0 Å². The molecule has 0 spiro atoms. The second kappa shape index (κ2) is 10.4. The van der Waals surface area contributed by atoms with Gasteiger partial charge < -0.3 is 20.3 Å². The van der Waals surface area contributed by atoms with Gasteiger partial charge in [-0.15, -0.1) is 0 Å². The quantitative estimate of drug-likeness (QED) is 0.691. The van der Waals surface area contributed by atoms with E-state index in [1.807, 2.05) is 0 Å². The van der Waals surface area contributed by atoms with Crippen molar-refractivity contribution in [2.45, 2.75) is 44.2 Å². The molecule has 1 heterocycles. The monoisotopic (exact) mass is 426 g/mol. The molecule has 0 bridgehead atoms. The van der Waals surface area contributed by atoms with Gasteiger partial charge in [-0.25, -0.2) is 18.0 Å². The van der Waals surface area contributed by atoms with Crippen molar-refractivity contribution in [2.75, 3.05) is 33.3 Å². The molecule has 0 unspecified atom stereocenters. The van der Waals surface area contributed by atoms with Crippen molar-refractivity contribution in [3.05, 3.63) is 29.8 Å². The summed E-state index contributed by atoms with van der Waals surface area (Å²) in [5.74, 6) is 0. The van der Waals surface area contributed by atoms with Crippen molar-refractivity contribution in [2.24, 2.45) is 0 Å². The maximum Gasteiger partial charge on any atom is 0.409 e. The van der Waals surface area contributed by atoms with Gasteiger partial charge in [-0.3, -0.25) is 0 Å². The minimum absolute atomic E-state index is 0.00232. The first-order valence-electron chi connectivity index (χ1n) is 9.78. The van der Waals surface area contributed by atoms with Crippen LogP contribution in [-0.4, -0.2) is 69.1 Å². The second-order valence-electron chi connectivity index (χ2n) is 6.79. The SMILES string of the molecule is CCN(CC)S(=O)(=O)c1ccc(CNC(=O)NC2CCN(C(=O)OC)CC2)cc1. The topological polar surface area (TPSA) is 108 Å². The summed E-state index contributed by atoms with van der Waals surface area (Å²) in [6.07, 6.45) is 0.986. The summed E-state index contributed by atoms with van der Waals surface area (Å²) in [6.45, 7) is 5.81. The van der Waals surface area contributed by atoms with E-state index in [0.717, 1.165) is 5.56 Å². The van der Waals surface area contributed by atoms with Crippen molar-refractivity contribution < 1.29 is 22.7 Å². The van der Waals surface area contributed by atoms with Crippen LogP contribution in [0, 0.1) is 0 Å². The van der Waals surface area contributed by atoms with Gasteiger partial charge in [-0.05, 0) is 30.5 Å². The Hall–Kier alpha value is -2.33. The van der Waals surface area contributed by atoms with Gasteiger partial charge in [0.1, 0.15) is 0 Å². The first kappa shape index (κ1) is 23.0. The second-order valence-corrected chi connectivity index (χ2v) is 8.73. The number of likely N-dealkylation sites (tertiary alicyclic amines) is 1. The molecule has 10 heteroatoms. The van der Waals surface area contributed by atoms with Gasteiger partial charge >= 0.3 is 12.1 Å². The molecule has 0 saturated carbocycles. The van der Waals surface area contributed by atoms with Crippen LogP contribution in [0.3, 0.4) is 0 Å². The Morgan fingerprint density at radius 1 is 1.14 bits per heavy atom. The number of methoxy groups -OCH3 is 1. The predicted octanol–water partition coefficient (Wildman–Crippen LogP) is 1.75.